The smallest absolute Gasteiger partial charge is 0.321 e. The summed E-state index contributed by atoms with van der Waals surface area (Å²) in [5.74, 6) is -11.2. The van der Waals surface area contributed by atoms with Gasteiger partial charge in [0.05, 0.1) is 0 Å². The van der Waals surface area contributed by atoms with Gasteiger partial charge in [-0.2, -0.15) is 17.6 Å². The Labute approximate surface area is 101 Å². The first-order valence-corrected chi connectivity index (χ1v) is 5.06. The summed E-state index contributed by atoms with van der Waals surface area (Å²) in [5.41, 5.74) is 0.975. The Kier molecular flexibility index (Phi) is 3.64. The second-order valence-corrected chi connectivity index (χ2v) is 4.06. The quantitative estimate of drug-likeness (QED) is 0.853. The second-order valence-electron chi connectivity index (χ2n) is 4.06. The summed E-state index contributed by atoms with van der Waals surface area (Å²) < 4.78 is 51.2. The van der Waals surface area contributed by atoms with Gasteiger partial charge < -0.3 is 5.32 Å². The SMILES string of the molecule is Cc1cc(NC(=O)C(F)(F)C(C)(F)F)cc(C)n1. The van der Waals surface area contributed by atoms with Gasteiger partial charge in [0.2, 0.25) is 0 Å². The van der Waals surface area contributed by atoms with Crippen molar-refractivity contribution in [2.75, 3.05) is 5.32 Å². The van der Waals surface area contributed by atoms with Crippen LogP contribution in [-0.4, -0.2) is 22.7 Å². The maximum absolute atomic E-state index is 13.0. The molecule has 18 heavy (non-hydrogen) atoms. The van der Waals surface area contributed by atoms with Gasteiger partial charge in [0, 0.05) is 24.0 Å². The van der Waals surface area contributed by atoms with Crippen LogP contribution in [0.1, 0.15) is 18.3 Å². The Hall–Kier alpha value is -1.66. The molecule has 0 atom stereocenters. The molecule has 0 aliphatic heterocycles. The van der Waals surface area contributed by atoms with Crippen LogP contribution in [0.3, 0.4) is 0 Å². The van der Waals surface area contributed by atoms with Crippen molar-refractivity contribution in [1.82, 2.24) is 4.98 Å². The van der Waals surface area contributed by atoms with Crippen LogP contribution < -0.4 is 5.32 Å². The van der Waals surface area contributed by atoms with Crippen LogP contribution in [0.15, 0.2) is 12.1 Å². The first kappa shape index (κ1) is 14.4. The van der Waals surface area contributed by atoms with Gasteiger partial charge in [-0.1, -0.05) is 0 Å². The normalized spacial score (nSPS) is 12.4. The number of halogens is 4. The Morgan fingerprint density at radius 1 is 1.17 bits per heavy atom. The summed E-state index contributed by atoms with van der Waals surface area (Å²) in [7, 11) is 0. The summed E-state index contributed by atoms with van der Waals surface area (Å²) in [5, 5.41) is 1.76. The number of hydrogen-bond donors (Lipinski definition) is 1. The maximum Gasteiger partial charge on any atom is 0.386 e. The van der Waals surface area contributed by atoms with E-state index in [1.54, 1.807) is 19.2 Å². The summed E-state index contributed by atoms with van der Waals surface area (Å²) in [4.78, 5) is 15.1. The molecule has 1 aromatic rings. The lowest BCUT2D eigenvalue weighted by Gasteiger charge is -2.22. The number of nitrogens with zero attached hydrogens (tertiary/aromatic N) is 1. The number of aryl methyl sites for hydroxylation is 2. The summed E-state index contributed by atoms with van der Waals surface area (Å²) in [6.07, 6.45) is 0. The van der Waals surface area contributed by atoms with E-state index in [4.69, 9.17) is 0 Å². The lowest BCUT2D eigenvalue weighted by atomic mass is 10.1. The molecule has 0 aliphatic carbocycles. The molecular formula is C11H12F4N2O. The third-order valence-corrected chi connectivity index (χ3v) is 2.18. The lowest BCUT2D eigenvalue weighted by molar-refractivity contribution is -0.198. The highest BCUT2D eigenvalue weighted by molar-refractivity contribution is 5.96. The van der Waals surface area contributed by atoms with Gasteiger partial charge in [-0.25, -0.2) is 0 Å². The van der Waals surface area contributed by atoms with Crippen LogP contribution >= 0.6 is 0 Å². The molecule has 1 heterocycles. The molecule has 0 unspecified atom stereocenters. The van der Waals surface area contributed by atoms with E-state index < -0.39 is 17.8 Å². The highest BCUT2D eigenvalue weighted by Gasteiger charge is 2.58. The minimum Gasteiger partial charge on any atom is -0.321 e. The molecule has 0 saturated heterocycles. The fourth-order valence-electron chi connectivity index (χ4n) is 1.32. The minimum absolute atomic E-state index is 0.00434. The van der Waals surface area contributed by atoms with Crippen molar-refractivity contribution in [3.63, 3.8) is 0 Å². The van der Waals surface area contributed by atoms with Gasteiger partial charge in [-0.05, 0) is 26.0 Å². The summed E-state index contributed by atoms with van der Waals surface area (Å²) in [6, 6.07) is 2.63. The van der Waals surface area contributed by atoms with Crippen LogP contribution in [0.25, 0.3) is 0 Å². The van der Waals surface area contributed by atoms with E-state index in [-0.39, 0.29) is 12.6 Å². The molecule has 0 fully saturated rings. The molecule has 1 rings (SSSR count). The highest BCUT2D eigenvalue weighted by Crippen LogP contribution is 2.34. The molecule has 7 heteroatoms. The first-order valence-electron chi connectivity index (χ1n) is 5.06. The van der Waals surface area contributed by atoms with E-state index >= 15 is 0 Å². The van der Waals surface area contributed by atoms with Gasteiger partial charge in [0.15, 0.2) is 0 Å². The number of carbonyl (C=O) groups excluding carboxylic acids is 1. The summed E-state index contributed by atoms with van der Waals surface area (Å²) in [6.45, 7) is 3.18. The molecule has 0 aliphatic rings. The third kappa shape index (κ3) is 2.96. The van der Waals surface area contributed by atoms with Crippen LogP contribution in [0.4, 0.5) is 23.2 Å². The first-order chi connectivity index (χ1) is 8.04. The van der Waals surface area contributed by atoms with Crippen LogP contribution in [0.5, 0.6) is 0 Å². The average Bonchev–Trinajstić information content (AvgIpc) is 2.13. The third-order valence-electron chi connectivity index (χ3n) is 2.18. The predicted molar refractivity (Wildman–Crippen MR) is 57.9 cm³/mol. The van der Waals surface area contributed by atoms with E-state index in [9.17, 15) is 22.4 Å². The molecule has 1 aromatic heterocycles. The van der Waals surface area contributed by atoms with E-state index in [1.807, 2.05) is 0 Å². The number of anilines is 1. The Bertz CT molecular complexity index is 448. The molecule has 0 spiro atoms. The Morgan fingerprint density at radius 3 is 2.00 bits per heavy atom. The van der Waals surface area contributed by atoms with Gasteiger partial charge in [0.25, 0.3) is 0 Å². The van der Waals surface area contributed by atoms with Crippen molar-refractivity contribution >= 4 is 11.6 Å². The van der Waals surface area contributed by atoms with Crippen molar-refractivity contribution in [2.45, 2.75) is 32.6 Å². The van der Waals surface area contributed by atoms with Gasteiger partial charge in [-0.15, -0.1) is 0 Å². The number of rotatable bonds is 3. The predicted octanol–water partition coefficient (Wildman–Crippen LogP) is 2.93. The molecule has 3 nitrogen and oxygen atoms in total. The van der Waals surface area contributed by atoms with E-state index in [0.717, 1.165) is 0 Å². The zero-order valence-corrected chi connectivity index (χ0v) is 10.0. The van der Waals surface area contributed by atoms with E-state index in [0.29, 0.717) is 11.4 Å². The largest absolute Gasteiger partial charge is 0.386 e. The number of alkyl halides is 4. The fourth-order valence-corrected chi connectivity index (χ4v) is 1.32. The summed E-state index contributed by atoms with van der Waals surface area (Å²) >= 11 is 0. The highest BCUT2D eigenvalue weighted by atomic mass is 19.3. The number of amides is 1. The molecule has 1 amide bonds. The van der Waals surface area contributed by atoms with E-state index in [2.05, 4.69) is 4.98 Å². The fraction of sp³-hybridized carbons (Fsp3) is 0.455. The molecule has 0 aromatic carbocycles. The molecule has 0 radical (unpaired) electrons. The maximum atomic E-state index is 13.0. The second kappa shape index (κ2) is 4.55. The van der Waals surface area contributed by atoms with E-state index in [1.165, 1.54) is 12.1 Å². The van der Waals surface area contributed by atoms with Crippen LogP contribution in [0, 0.1) is 13.8 Å². The van der Waals surface area contributed by atoms with Crippen molar-refractivity contribution in [3.05, 3.63) is 23.5 Å². The zero-order chi connectivity index (χ0) is 14.1. The standard InChI is InChI=1S/C11H12F4N2O/c1-6-4-8(5-7(2)16-6)17-9(18)11(14,15)10(3,12)13/h4-5H,1-3H3,(H,16,17,18). The number of carbonyl (C=O) groups is 1. The molecule has 0 bridgehead atoms. The van der Waals surface area contributed by atoms with Crippen LogP contribution in [0.2, 0.25) is 0 Å². The lowest BCUT2D eigenvalue weighted by Crippen LogP contribution is -2.48. The topological polar surface area (TPSA) is 42.0 Å². The van der Waals surface area contributed by atoms with Crippen LogP contribution in [-0.2, 0) is 4.79 Å². The van der Waals surface area contributed by atoms with Gasteiger partial charge >= 0.3 is 17.8 Å². The van der Waals surface area contributed by atoms with Crippen molar-refractivity contribution < 1.29 is 22.4 Å². The Balaban J connectivity index is 2.95. The number of pyridine rings is 1. The molecule has 1 N–H and O–H groups in total. The van der Waals surface area contributed by atoms with Crippen molar-refractivity contribution in [3.8, 4) is 0 Å². The van der Waals surface area contributed by atoms with Crippen molar-refractivity contribution in [1.29, 1.82) is 0 Å². The molecule has 100 valence electrons. The molecule has 0 saturated carbocycles. The molecular weight excluding hydrogens is 252 g/mol. The number of nitrogens with one attached hydrogen (secondary N) is 1. The minimum atomic E-state index is -4.77. The number of aromatic nitrogens is 1. The van der Waals surface area contributed by atoms with Gasteiger partial charge in [0.1, 0.15) is 0 Å². The zero-order valence-electron chi connectivity index (χ0n) is 10.0. The Morgan fingerprint density at radius 2 is 1.61 bits per heavy atom. The average molecular weight is 264 g/mol. The van der Waals surface area contributed by atoms with Gasteiger partial charge in [-0.3, -0.25) is 9.78 Å². The number of hydrogen-bond acceptors (Lipinski definition) is 2. The van der Waals surface area contributed by atoms with Crippen molar-refractivity contribution in [2.24, 2.45) is 0 Å². The monoisotopic (exact) mass is 264 g/mol.